The van der Waals surface area contributed by atoms with Crippen molar-refractivity contribution in [1.82, 2.24) is 15.0 Å². The third kappa shape index (κ3) is 3.42. The summed E-state index contributed by atoms with van der Waals surface area (Å²) in [6.07, 6.45) is 0.672. The van der Waals surface area contributed by atoms with Crippen LogP contribution < -0.4 is 0 Å². The highest BCUT2D eigenvalue weighted by Gasteiger charge is 2.04. The van der Waals surface area contributed by atoms with Gasteiger partial charge in [0.15, 0.2) is 0 Å². The maximum atomic E-state index is 5.12. The SMILES string of the molecule is COCc1cc(=S)nc(Cc2csc(C)n2)[nH]1. The molecule has 4 nitrogen and oxygen atoms in total. The molecule has 0 aromatic carbocycles. The van der Waals surface area contributed by atoms with Crippen LogP contribution in [0, 0.1) is 11.6 Å². The molecule has 0 saturated heterocycles. The minimum atomic E-state index is 0.509. The number of thiazole rings is 1. The fourth-order valence-electron chi connectivity index (χ4n) is 1.54. The molecule has 0 aliphatic heterocycles. The molecule has 17 heavy (non-hydrogen) atoms. The van der Waals surface area contributed by atoms with Crippen LogP contribution in [-0.4, -0.2) is 22.1 Å². The zero-order chi connectivity index (χ0) is 12.3. The Morgan fingerprint density at radius 3 is 2.94 bits per heavy atom. The number of nitrogens with one attached hydrogen (secondary N) is 1. The van der Waals surface area contributed by atoms with Crippen molar-refractivity contribution in [3.63, 3.8) is 0 Å². The summed E-state index contributed by atoms with van der Waals surface area (Å²) in [6, 6.07) is 1.81. The molecule has 0 amide bonds. The van der Waals surface area contributed by atoms with E-state index in [1.807, 2.05) is 18.4 Å². The van der Waals surface area contributed by atoms with Gasteiger partial charge in [0.1, 0.15) is 10.5 Å². The van der Waals surface area contributed by atoms with Gasteiger partial charge < -0.3 is 9.72 Å². The zero-order valence-corrected chi connectivity index (χ0v) is 11.3. The van der Waals surface area contributed by atoms with E-state index in [1.54, 1.807) is 18.4 Å². The summed E-state index contributed by atoms with van der Waals surface area (Å²) in [4.78, 5) is 11.9. The molecule has 0 aliphatic rings. The maximum Gasteiger partial charge on any atom is 0.130 e. The molecule has 2 aromatic rings. The van der Waals surface area contributed by atoms with E-state index < -0.39 is 0 Å². The van der Waals surface area contributed by atoms with Gasteiger partial charge in [-0.2, -0.15) is 0 Å². The summed E-state index contributed by atoms with van der Waals surface area (Å²) >= 11 is 6.76. The maximum absolute atomic E-state index is 5.12. The first-order valence-electron chi connectivity index (χ1n) is 5.16. The van der Waals surface area contributed by atoms with Crippen LogP contribution in [0.2, 0.25) is 0 Å². The molecule has 0 saturated carbocycles. The lowest BCUT2D eigenvalue weighted by molar-refractivity contribution is 0.181. The lowest BCUT2D eigenvalue weighted by Gasteiger charge is -2.03. The predicted octanol–water partition coefficient (Wildman–Crippen LogP) is 2.64. The number of aromatic amines is 1. The summed E-state index contributed by atoms with van der Waals surface area (Å²) in [5.41, 5.74) is 1.95. The minimum absolute atomic E-state index is 0.509. The van der Waals surface area contributed by atoms with Gasteiger partial charge in [-0.15, -0.1) is 11.3 Å². The Morgan fingerprint density at radius 1 is 1.47 bits per heavy atom. The van der Waals surface area contributed by atoms with Crippen molar-refractivity contribution in [3.8, 4) is 0 Å². The zero-order valence-electron chi connectivity index (χ0n) is 9.69. The fourth-order valence-corrected chi connectivity index (χ4v) is 2.41. The average molecular weight is 267 g/mol. The van der Waals surface area contributed by atoms with Gasteiger partial charge in [0, 0.05) is 24.6 Å². The first-order valence-corrected chi connectivity index (χ1v) is 6.45. The van der Waals surface area contributed by atoms with Crippen molar-refractivity contribution in [1.29, 1.82) is 0 Å². The number of hydrogen-bond donors (Lipinski definition) is 1. The highest BCUT2D eigenvalue weighted by molar-refractivity contribution is 7.71. The van der Waals surface area contributed by atoms with Gasteiger partial charge in [-0.05, 0) is 13.0 Å². The van der Waals surface area contributed by atoms with E-state index in [0.29, 0.717) is 17.7 Å². The van der Waals surface area contributed by atoms with Gasteiger partial charge in [-0.3, -0.25) is 0 Å². The molecule has 90 valence electrons. The standard InChI is InChI=1S/C11H13N3OS2/c1-7-12-9(6-17-7)3-10-13-8(5-15-2)4-11(16)14-10/h4,6H,3,5H2,1-2H3,(H,13,14,16). The molecule has 2 heterocycles. The molecular formula is C11H13N3OS2. The largest absolute Gasteiger partial charge is 0.378 e. The van der Waals surface area contributed by atoms with Crippen molar-refractivity contribution in [2.75, 3.05) is 7.11 Å². The normalized spacial score (nSPS) is 10.7. The van der Waals surface area contributed by atoms with Crippen LogP contribution in [0.1, 0.15) is 22.2 Å². The molecule has 0 aliphatic carbocycles. The smallest absolute Gasteiger partial charge is 0.130 e. The Hall–Kier alpha value is -1.11. The van der Waals surface area contributed by atoms with Crippen LogP contribution >= 0.6 is 23.6 Å². The molecule has 0 bridgehead atoms. The highest BCUT2D eigenvalue weighted by atomic mass is 32.1. The van der Waals surface area contributed by atoms with Crippen molar-refractivity contribution < 1.29 is 4.74 Å². The number of H-pyrrole nitrogens is 1. The van der Waals surface area contributed by atoms with Crippen LogP contribution in [0.3, 0.4) is 0 Å². The van der Waals surface area contributed by atoms with E-state index in [9.17, 15) is 0 Å². The lowest BCUT2D eigenvalue weighted by atomic mass is 10.3. The van der Waals surface area contributed by atoms with E-state index in [0.717, 1.165) is 22.2 Å². The fraction of sp³-hybridized carbons (Fsp3) is 0.364. The topological polar surface area (TPSA) is 50.8 Å². The number of hydrogen-bond acceptors (Lipinski definition) is 5. The molecule has 0 unspecified atom stereocenters. The second-order valence-electron chi connectivity index (χ2n) is 3.66. The van der Waals surface area contributed by atoms with Crippen molar-refractivity contribution in [3.05, 3.63) is 38.3 Å². The Morgan fingerprint density at radius 2 is 2.29 bits per heavy atom. The molecule has 1 N–H and O–H groups in total. The van der Waals surface area contributed by atoms with Crippen LogP contribution in [0.4, 0.5) is 0 Å². The second-order valence-corrected chi connectivity index (χ2v) is 5.14. The van der Waals surface area contributed by atoms with Gasteiger partial charge >= 0.3 is 0 Å². The number of aryl methyl sites for hydroxylation is 1. The van der Waals surface area contributed by atoms with Gasteiger partial charge in [-0.25, -0.2) is 9.97 Å². The molecular weight excluding hydrogens is 254 g/mol. The summed E-state index contributed by atoms with van der Waals surface area (Å²) in [5.74, 6) is 0.829. The number of nitrogens with zero attached hydrogens (tertiary/aromatic N) is 2. The predicted molar refractivity (Wildman–Crippen MR) is 69.8 cm³/mol. The lowest BCUT2D eigenvalue weighted by Crippen LogP contribution is -2.02. The molecule has 0 spiro atoms. The second kappa shape index (κ2) is 5.48. The summed E-state index contributed by atoms with van der Waals surface area (Å²) in [6.45, 7) is 2.50. The van der Waals surface area contributed by atoms with Crippen LogP contribution in [0.15, 0.2) is 11.4 Å². The number of rotatable bonds is 4. The van der Waals surface area contributed by atoms with Crippen LogP contribution in [0.5, 0.6) is 0 Å². The highest BCUT2D eigenvalue weighted by Crippen LogP contribution is 2.11. The minimum Gasteiger partial charge on any atom is -0.378 e. The van der Waals surface area contributed by atoms with Crippen LogP contribution in [0.25, 0.3) is 0 Å². The molecule has 6 heteroatoms. The van der Waals surface area contributed by atoms with Gasteiger partial charge in [0.25, 0.3) is 0 Å². The van der Waals surface area contributed by atoms with Crippen molar-refractivity contribution >= 4 is 23.6 Å². The summed E-state index contributed by atoms with van der Waals surface area (Å²) < 4.78 is 5.65. The molecule has 0 atom stereocenters. The average Bonchev–Trinajstić information content (AvgIpc) is 2.63. The molecule has 2 aromatic heterocycles. The quantitative estimate of drug-likeness (QED) is 0.865. The number of aromatic nitrogens is 3. The van der Waals surface area contributed by atoms with E-state index in [-0.39, 0.29) is 0 Å². The monoisotopic (exact) mass is 267 g/mol. The first kappa shape index (κ1) is 12.3. The van der Waals surface area contributed by atoms with Crippen molar-refractivity contribution in [2.24, 2.45) is 0 Å². The van der Waals surface area contributed by atoms with Crippen molar-refractivity contribution in [2.45, 2.75) is 20.0 Å². The first-order chi connectivity index (χ1) is 8.17. The van der Waals surface area contributed by atoms with Crippen LogP contribution in [-0.2, 0) is 17.8 Å². The van der Waals surface area contributed by atoms with E-state index in [1.165, 1.54) is 0 Å². The number of ether oxygens (including phenoxy) is 1. The Balaban J connectivity index is 2.23. The third-order valence-electron chi connectivity index (χ3n) is 2.16. The summed E-state index contributed by atoms with van der Waals surface area (Å²) in [7, 11) is 1.65. The number of methoxy groups -OCH3 is 1. The Labute approximate surface area is 109 Å². The van der Waals surface area contributed by atoms with Gasteiger partial charge in [0.05, 0.1) is 17.3 Å². The Bertz CT molecular complexity index is 562. The molecule has 0 fully saturated rings. The van der Waals surface area contributed by atoms with Gasteiger partial charge in [0.2, 0.25) is 0 Å². The van der Waals surface area contributed by atoms with E-state index >= 15 is 0 Å². The Kier molecular flexibility index (Phi) is 3.98. The third-order valence-corrected chi connectivity index (χ3v) is 3.19. The molecule has 2 rings (SSSR count). The molecule has 0 radical (unpaired) electrons. The van der Waals surface area contributed by atoms with Gasteiger partial charge in [-0.1, -0.05) is 12.2 Å². The van der Waals surface area contributed by atoms with E-state index in [2.05, 4.69) is 15.0 Å². The van der Waals surface area contributed by atoms with E-state index in [4.69, 9.17) is 17.0 Å². The summed E-state index contributed by atoms with van der Waals surface area (Å²) in [5, 5.41) is 3.10.